The maximum Gasteiger partial charge on any atom is 0.251 e. The van der Waals surface area contributed by atoms with Crippen LogP contribution in [0.2, 0.25) is 5.02 Å². The molecule has 3 nitrogen and oxygen atoms in total. The number of carbonyl (C=O) groups is 1. The number of halogens is 1. The smallest absolute Gasteiger partial charge is 0.251 e. The van der Waals surface area contributed by atoms with Crippen molar-refractivity contribution in [3.05, 3.63) is 88.6 Å². The second kappa shape index (κ2) is 6.90. The molecule has 1 amide bonds. The lowest BCUT2D eigenvalue weighted by Gasteiger charge is -2.18. The summed E-state index contributed by atoms with van der Waals surface area (Å²) in [5, 5.41) is 3.80. The van der Waals surface area contributed by atoms with Crippen LogP contribution in [0.3, 0.4) is 0 Å². The number of hydrogen-bond acceptors (Lipinski definition) is 2. The molecule has 1 saturated carbocycles. The van der Waals surface area contributed by atoms with Crippen LogP contribution >= 0.6 is 11.6 Å². The highest BCUT2D eigenvalue weighted by molar-refractivity contribution is 6.30. The zero-order valence-corrected chi connectivity index (χ0v) is 15.3. The fourth-order valence-corrected chi connectivity index (χ4v) is 3.24. The molecule has 0 saturated heterocycles. The second-order valence-corrected chi connectivity index (χ2v) is 7.13. The fourth-order valence-electron chi connectivity index (χ4n) is 3.12. The van der Waals surface area contributed by atoms with E-state index in [9.17, 15) is 4.79 Å². The molecule has 1 fully saturated rings. The molecular weight excluding hydrogens is 356 g/mol. The largest absolute Gasteiger partial charge is 0.343 e. The quantitative estimate of drug-likeness (QED) is 0.668. The Bertz CT molecular complexity index is 1010. The molecular formula is C23H17ClN2O. The van der Waals surface area contributed by atoms with Crippen LogP contribution in [0.25, 0.3) is 11.3 Å². The van der Waals surface area contributed by atoms with Crippen molar-refractivity contribution in [2.45, 2.75) is 18.4 Å². The molecule has 1 aromatic heterocycles. The molecule has 1 aliphatic carbocycles. The van der Waals surface area contributed by atoms with Gasteiger partial charge in [0.25, 0.3) is 5.91 Å². The van der Waals surface area contributed by atoms with Gasteiger partial charge in [-0.1, -0.05) is 41.8 Å². The number of hydrogen-bond donors (Lipinski definition) is 1. The molecule has 3 aromatic rings. The Morgan fingerprint density at radius 3 is 2.30 bits per heavy atom. The molecule has 1 aliphatic rings. The van der Waals surface area contributed by atoms with Crippen LogP contribution in [-0.4, -0.2) is 10.9 Å². The minimum atomic E-state index is -0.284. The van der Waals surface area contributed by atoms with Crippen molar-refractivity contribution < 1.29 is 4.79 Å². The molecule has 0 atom stereocenters. The molecule has 1 heterocycles. The number of benzene rings is 2. The first-order valence-electron chi connectivity index (χ1n) is 8.71. The van der Waals surface area contributed by atoms with Gasteiger partial charge in [0.05, 0.1) is 16.3 Å². The summed E-state index contributed by atoms with van der Waals surface area (Å²) in [4.78, 5) is 17.0. The Morgan fingerprint density at radius 2 is 1.74 bits per heavy atom. The van der Waals surface area contributed by atoms with E-state index in [1.807, 2.05) is 24.3 Å². The van der Waals surface area contributed by atoms with Crippen LogP contribution in [-0.2, 0) is 5.54 Å². The topological polar surface area (TPSA) is 42.0 Å². The Hall–Kier alpha value is -3.09. The van der Waals surface area contributed by atoms with Crippen LogP contribution in [0.4, 0.5) is 0 Å². The van der Waals surface area contributed by atoms with E-state index in [4.69, 9.17) is 18.0 Å². The zero-order valence-electron chi connectivity index (χ0n) is 14.6. The lowest BCUT2D eigenvalue weighted by atomic mass is 10.0. The first-order chi connectivity index (χ1) is 13.1. The Morgan fingerprint density at radius 1 is 1.04 bits per heavy atom. The van der Waals surface area contributed by atoms with Crippen LogP contribution in [0.1, 0.15) is 34.3 Å². The van der Waals surface area contributed by atoms with Crippen molar-refractivity contribution >= 4 is 17.5 Å². The average Bonchev–Trinajstić information content (AvgIpc) is 3.49. The summed E-state index contributed by atoms with van der Waals surface area (Å²) in [6, 6.07) is 19.0. The number of terminal acetylenes is 1. The van der Waals surface area contributed by atoms with Gasteiger partial charge in [-0.25, -0.2) is 0 Å². The van der Waals surface area contributed by atoms with Gasteiger partial charge in [0.15, 0.2) is 0 Å². The van der Waals surface area contributed by atoms with Crippen LogP contribution < -0.4 is 5.32 Å². The first-order valence-corrected chi connectivity index (χ1v) is 9.09. The summed E-state index contributed by atoms with van der Waals surface area (Å²) < 4.78 is 0. The molecule has 4 heteroatoms. The molecule has 1 N–H and O–H groups in total. The van der Waals surface area contributed by atoms with Crippen LogP contribution in [0.5, 0.6) is 0 Å². The average molecular weight is 373 g/mol. The SMILES string of the molecule is C#Cc1ccc(C(=O)NC2(c3ccc(-c4ccc(Cl)cn4)cc3)CC2)cc1. The minimum Gasteiger partial charge on any atom is -0.343 e. The highest BCUT2D eigenvalue weighted by atomic mass is 35.5. The van der Waals surface area contributed by atoms with E-state index in [0.717, 1.165) is 35.2 Å². The highest BCUT2D eigenvalue weighted by Gasteiger charge is 2.45. The summed E-state index contributed by atoms with van der Waals surface area (Å²) in [6.45, 7) is 0. The molecule has 0 aliphatic heterocycles. The molecule has 0 unspecified atom stereocenters. The second-order valence-electron chi connectivity index (χ2n) is 6.70. The lowest BCUT2D eigenvalue weighted by Crippen LogP contribution is -2.34. The number of aromatic nitrogens is 1. The van der Waals surface area contributed by atoms with E-state index >= 15 is 0 Å². The van der Waals surface area contributed by atoms with Crippen molar-refractivity contribution in [2.24, 2.45) is 0 Å². The van der Waals surface area contributed by atoms with Crippen molar-refractivity contribution in [1.29, 1.82) is 0 Å². The Kier molecular flexibility index (Phi) is 4.43. The zero-order chi connectivity index (χ0) is 18.9. The fraction of sp³-hybridized carbons (Fsp3) is 0.130. The van der Waals surface area contributed by atoms with Gasteiger partial charge in [-0.2, -0.15) is 0 Å². The normalized spacial score (nSPS) is 14.2. The maximum absolute atomic E-state index is 12.6. The van der Waals surface area contributed by atoms with E-state index in [1.54, 1.807) is 30.5 Å². The number of carbonyl (C=O) groups excluding carboxylic acids is 1. The predicted octanol–water partition coefficient (Wildman–Crippen LogP) is 4.80. The summed E-state index contributed by atoms with van der Waals surface area (Å²) in [6.07, 6.45) is 8.86. The van der Waals surface area contributed by atoms with Gasteiger partial charge in [-0.3, -0.25) is 9.78 Å². The van der Waals surface area contributed by atoms with Gasteiger partial charge >= 0.3 is 0 Å². The summed E-state index contributed by atoms with van der Waals surface area (Å²) in [5.74, 6) is 2.47. The third-order valence-corrected chi connectivity index (χ3v) is 5.10. The van der Waals surface area contributed by atoms with Crippen molar-refractivity contribution in [2.75, 3.05) is 0 Å². The van der Waals surface area contributed by atoms with E-state index in [2.05, 4.69) is 28.4 Å². The monoisotopic (exact) mass is 372 g/mol. The Labute approximate surface area is 163 Å². The van der Waals surface area contributed by atoms with Gasteiger partial charge in [0.2, 0.25) is 0 Å². The molecule has 27 heavy (non-hydrogen) atoms. The molecule has 0 spiro atoms. The van der Waals surface area contributed by atoms with Gasteiger partial charge in [0, 0.05) is 22.9 Å². The van der Waals surface area contributed by atoms with Gasteiger partial charge < -0.3 is 5.32 Å². The van der Waals surface area contributed by atoms with Gasteiger partial charge in [0.1, 0.15) is 0 Å². The van der Waals surface area contributed by atoms with Crippen molar-refractivity contribution in [3.8, 4) is 23.6 Å². The predicted molar refractivity (Wildman–Crippen MR) is 107 cm³/mol. The molecule has 0 bridgehead atoms. The molecule has 4 rings (SSSR count). The van der Waals surface area contributed by atoms with E-state index in [0.29, 0.717) is 10.6 Å². The van der Waals surface area contributed by atoms with E-state index in [1.165, 1.54) is 0 Å². The third kappa shape index (κ3) is 3.58. The van der Waals surface area contributed by atoms with Gasteiger partial charge in [-0.15, -0.1) is 6.42 Å². The van der Waals surface area contributed by atoms with Crippen LogP contribution in [0, 0.1) is 12.3 Å². The lowest BCUT2D eigenvalue weighted by molar-refractivity contribution is 0.0931. The maximum atomic E-state index is 12.6. The summed E-state index contributed by atoms with van der Waals surface area (Å²) in [7, 11) is 0. The number of rotatable bonds is 4. The minimum absolute atomic E-state index is 0.0838. The summed E-state index contributed by atoms with van der Waals surface area (Å²) >= 11 is 5.90. The van der Waals surface area contributed by atoms with E-state index < -0.39 is 0 Å². The van der Waals surface area contributed by atoms with Crippen molar-refractivity contribution in [3.63, 3.8) is 0 Å². The van der Waals surface area contributed by atoms with Gasteiger partial charge in [-0.05, 0) is 54.8 Å². The molecule has 2 aromatic carbocycles. The molecule has 132 valence electrons. The first kappa shape index (κ1) is 17.3. The summed E-state index contributed by atoms with van der Waals surface area (Å²) in [5.41, 5.74) is 4.08. The van der Waals surface area contributed by atoms with Crippen LogP contribution in [0.15, 0.2) is 66.9 Å². The standard InChI is InChI=1S/C23H17ClN2O/c1-2-16-3-5-18(6-4-16)22(27)26-23(13-14-23)19-9-7-17(8-10-19)21-12-11-20(24)15-25-21/h1,3-12,15H,13-14H2,(H,26,27). The Balaban J connectivity index is 1.51. The van der Waals surface area contributed by atoms with Crippen molar-refractivity contribution in [1.82, 2.24) is 10.3 Å². The number of pyridine rings is 1. The molecule has 0 radical (unpaired) electrons. The van der Waals surface area contributed by atoms with E-state index in [-0.39, 0.29) is 11.4 Å². The third-order valence-electron chi connectivity index (χ3n) is 4.88. The number of amides is 1. The highest BCUT2D eigenvalue weighted by Crippen LogP contribution is 2.46. The number of nitrogens with zero attached hydrogens (tertiary/aromatic N) is 1. The number of nitrogens with one attached hydrogen (secondary N) is 1.